The van der Waals surface area contributed by atoms with E-state index in [0.717, 1.165) is 32.4 Å². The molecule has 7 nitrogen and oxygen atoms in total. The first-order chi connectivity index (χ1) is 13.3. The number of unbranched alkanes of at least 4 members (excludes halogenated alkanes) is 2. The van der Waals surface area contributed by atoms with Crippen LogP contribution in [-0.2, 0) is 9.47 Å². The van der Waals surface area contributed by atoms with Gasteiger partial charge in [0.2, 0.25) is 0 Å². The molecule has 2 fully saturated rings. The summed E-state index contributed by atoms with van der Waals surface area (Å²) in [4.78, 5) is 20.4. The van der Waals surface area contributed by atoms with Gasteiger partial charge in [-0.1, -0.05) is 19.3 Å². The van der Waals surface area contributed by atoms with Crippen LogP contribution >= 0.6 is 24.0 Å². The maximum Gasteiger partial charge on any atom is 0.410 e. The number of nitrogens with zero attached hydrogens (tertiary/aromatic N) is 3. The van der Waals surface area contributed by atoms with E-state index in [9.17, 15) is 4.79 Å². The lowest BCUT2D eigenvalue weighted by molar-refractivity contribution is 0.0186. The molecule has 1 amide bonds. The predicted molar refractivity (Wildman–Crippen MR) is 128 cm³/mol. The van der Waals surface area contributed by atoms with Crippen LogP contribution in [0.4, 0.5) is 4.79 Å². The highest BCUT2D eigenvalue weighted by Crippen LogP contribution is 2.20. The Hall–Kier alpha value is -0.770. The molecule has 8 heteroatoms. The zero-order valence-electron chi connectivity index (χ0n) is 18.5. The van der Waals surface area contributed by atoms with E-state index in [1.807, 2.05) is 25.7 Å². The highest BCUT2D eigenvalue weighted by Gasteiger charge is 2.26. The second-order valence-electron chi connectivity index (χ2n) is 8.89. The van der Waals surface area contributed by atoms with Crippen LogP contribution in [-0.4, -0.2) is 72.9 Å². The van der Waals surface area contributed by atoms with Crippen LogP contribution in [0.2, 0.25) is 0 Å². The van der Waals surface area contributed by atoms with Gasteiger partial charge >= 0.3 is 6.09 Å². The molecule has 1 saturated carbocycles. The van der Waals surface area contributed by atoms with Gasteiger partial charge in [-0.15, -0.1) is 24.0 Å². The van der Waals surface area contributed by atoms with Gasteiger partial charge in [0.05, 0.1) is 6.10 Å². The molecule has 0 spiro atoms. The number of hydrogen-bond acceptors (Lipinski definition) is 4. The van der Waals surface area contributed by atoms with Crippen molar-refractivity contribution in [1.29, 1.82) is 0 Å². The molecular weight excluding hydrogens is 483 g/mol. The number of ether oxygens (including phenoxy) is 2. The highest BCUT2D eigenvalue weighted by atomic mass is 127. The van der Waals surface area contributed by atoms with Gasteiger partial charge < -0.3 is 25.0 Å². The Kier molecular flexibility index (Phi) is 12.2. The van der Waals surface area contributed by atoms with Crippen LogP contribution in [0, 0.1) is 0 Å². The lowest BCUT2D eigenvalue weighted by Gasteiger charge is -2.36. The number of hydrogen-bond donors (Lipinski definition) is 1. The summed E-state index contributed by atoms with van der Waals surface area (Å²) in [6, 6.07) is 0. The lowest BCUT2D eigenvalue weighted by Crippen LogP contribution is -2.53. The second kappa shape index (κ2) is 13.5. The van der Waals surface area contributed by atoms with Crippen LogP contribution in [0.1, 0.15) is 72.1 Å². The largest absolute Gasteiger partial charge is 0.444 e. The van der Waals surface area contributed by atoms with Gasteiger partial charge in [-0.3, -0.25) is 4.99 Å². The van der Waals surface area contributed by atoms with Crippen LogP contribution in [0.3, 0.4) is 0 Å². The Balaban J connectivity index is 0.00000420. The van der Waals surface area contributed by atoms with Gasteiger partial charge in [0.15, 0.2) is 5.96 Å². The van der Waals surface area contributed by atoms with Crippen molar-refractivity contribution in [3.05, 3.63) is 0 Å². The van der Waals surface area contributed by atoms with E-state index >= 15 is 0 Å². The summed E-state index contributed by atoms with van der Waals surface area (Å²) in [6.07, 6.45) is 10.00. The van der Waals surface area contributed by atoms with E-state index in [1.54, 1.807) is 4.90 Å². The number of carbonyl (C=O) groups is 1. The standard InChI is InChI=1S/C21H40N4O3.HI/c1-21(2,3)28-20(26)25-15-13-24(14-16-25)19(22)23-12-8-5-9-17-27-18-10-6-4-7-11-18;/h18H,4-17H2,1-3H3,(H2,22,23);1H. The van der Waals surface area contributed by atoms with Crippen molar-refractivity contribution in [2.75, 3.05) is 39.3 Å². The molecule has 2 N–H and O–H groups in total. The molecule has 170 valence electrons. The van der Waals surface area contributed by atoms with Crippen LogP contribution in [0.5, 0.6) is 0 Å². The smallest absolute Gasteiger partial charge is 0.410 e. The lowest BCUT2D eigenvalue weighted by atomic mass is 9.98. The van der Waals surface area contributed by atoms with Crippen molar-refractivity contribution in [2.24, 2.45) is 10.7 Å². The van der Waals surface area contributed by atoms with E-state index in [4.69, 9.17) is 15.2 Å². The normalized spacial score (nSPS) is 19.1. The number of piperazine rings is 1. The molecular formula is C21H41IN4O3. The summed E-state index contributed by atoms with van der Waals surface area (Å²) >= 11 is 0. The van der Waals surface area contributed by atoms with Crippen LogP contribution < -0.4 is 5.73 Å². The van der Waals surface area contributed by atoms with E-state index in [0.29, 0.717) is 38.2 Å². The van der Waals surface area contributed by atoms with Crippen molar-refractivity contribution in [3.63, 3.8) is 0 Å². The third kappa shape index (κ3) is 10.7. The summed E-state index contributed by atoms with van der Waals surface area (Å²) in [5.74, 6) is 0.585. The van der Waals surface area contributed by atoms with E-state index in [2.05, 4.69) is 4.99 Å². The molecule has 2 rings (SSSR count). The zero-order valence-corrected chi connectivity index (χ0v) is 20.9. The molecule has 0 unspecified atom stereocenters. The molecule has 0 atom stereocenters. The van der Waals surface area contributed by atoms with E-state index < -0.39 is 5.60 Å². The Morgan fingerprint density at radius 3 is 2.24 bits per heavy atom. The fraction of sp³-hybridized carbons (Fsp3) is 0.905. The molecule has 1 aliphatic carbocycles. The van der Waals surface area contributed by atoms with E-state index in [-0.39, 0.29) is 30.1 Å². The Morgan fingerprint density at radius 1 is 1.00 bits per heavy atom. The number of rotatable bonds is 7. The monoisotopic (exact) mass is 524 g/mol. The highest BCUT2D eigenvalue weighted by molar-refractivity contribution is 14.0. The Morgan fingerprint density at radius 2 is 1.62 bits per heavy atom. The first kappa shape index (κ1) is 26.3. The minimum Gasteiger partial charge on any atom is -0.444 e. The van der Waals surface area contributed by atoms with Crippen LogP contribution in [0.15, 0.2) is 4.99 Å². The third-order valence-electron chi connectivity index (χ3n) is 5.24. The first-order valence-electron chi connectivity index (χ1n) is 11.0. The van der Waals surface area contributed by atoms with Gasteiger partial charge in [0.1, 0.15) is 5.60 Å². The first-order valence-corrected chi connectivity index (χ1v) is 11.0. The SMILES string of the molecule is CC(C)(C)OC(=O)N1CCN(C(N)=NCCCCCOC2CCCCC2)CC1.I. The minimum atomic E-state index is -0.462. The molecule has 1 saturated heterocycles. The molecule has 1 heterocycles. The van der Waals surface area contributed by atoms with Crippen molar-refractivity contribution in [2.45, 2.75) is 83.8 Å². The molecule has 0 aromatic carbocycles. The average molecular weight is 524 g/mol. The zero-order chi connectivity index (χ0) is 20.4. The number of guanidine groups is 1. The maximum absolute atomic E-state index is 12.1. The second-order valence-corrected chi connectivity index (χ2v) is 8.89. The van der Waals surface area contributed by atoms with Gasteiger partial charge in [-0.25, -0.2) is 4.79 Å². The van der Waals surface area contributed by atoms with Gasteiger partial charge in [-0.05, 0) is 52.9 Å². The summed E-state index contributed by atoms with van der Waals surface area (Å²) in [5.41, 5.74) is 5.66. The van der Waals surface area contributed by atoms with Gasteiger partial charge in [-0.2, -0.15) is 0 Å². The maximum atomic E-state index is 12.1. The molecule has 29 heavy (non-hydrogen) atoms. The van der Waals surface area contributed by atoms with Crippen molar-refractivity contribution < 1.29 is 14.3 Å². The summed E-state index contributed by atoms with van der Waals surface area (Å²) in [5, 5.41) is 0. The predicted octanol–water partition coefficient (Wildman–Crippen LogP) is 3.99. The number of carbonyl (C=O) groups excluding carboxylic acids is 1. The Bertz CT molecular complexity index is 497. The number of nitrogens with two attached hydrogens (primary N) is 1. The average Bonchev–Trinajstić information content (AvgIpc) is 2.66. The molecule has 0 aromatic rings. The molecule has 1 aliphatic heterocycles. The number of halogens is 1. The fourth-order valence-corrected chi connectivity index (χ4v) is 3.61. The quantitative estimate of drug-likeness (QED) is 0.236. The minimum absolute atomic E-state index is 0. The molecule has 0 radical (unpaired) electrons. The molecule has 0 bridgehead atoms. The van der Waals surface area contributed by atoms with Crippen molar-refractivity contribution in [1.82, 2.24) is 9.80 Å². The Labute approximate surface area is 193 Å². The molecule has 2 aliphatic rings. The third-order valence-corrected chi connectivity index (χ3v) is 5.24. The van der Waals surface area contributed by atoms with E-state index in [1.165, 1.54) is 32.1 Å². The van der Waals surface area contributed by atoms with Gasteiger partial charge in [0.25, 0.3) is 0 Å². The molecule has 0 aromatic heterocycles. The number of aliphatic imine (C=N–C) groups is 1. The summed E-state index contributed by atoms with van der Waals surface area (Å²) in [7, 11) is 0. The number of amides is 1. The van der Waals surface area contributed by atoms with Gasteiger partial charge in [0, 0.05) is 39.3 Å². The van der Waals surface area contributed by atoms with Crippen LogP contribution in [0.25, 0.3) is 0 Å². The van der Waals surface area contributed by atoms with Crippen molar-refractivity contribution in [3.8, 4) is 0 Å². The fourth-order valence-electron chi connectivity index (χ4n) is 3.61. The summed E-state index contributed by atoms with van der Waals surface area (Å²) in [6.45, 7) is 9.90. The topological polar surface area (TPSA) is 80.4 Å². The van der Waals surface area contributed by atoms with Crippen molar-refractivity contribution >= 4 is 36.0 Å². The summed E-state index contributed by atoms with van der Waals surface area (Å²) < 4.78 is 11.4.